The molecule has 5 nitrogen and oxygen atoms in total. The molecule has 0 aliphatic heterocycles. The molecule has 104 valence electrons. The fourth-order valence-corrected chi connectivity index (χ4v) is 1.88. The van der Waals surface area contributed by atoms with Gasteiger partial charge in [0.25, 0.3) is 0 Å². The molecule has 3 N–H and O–H groups in total. The molecule has 1 atom stereocenters. The van der Waals surface area contributed by atoms with Gasteiger partial charge in [0.05, 0.1) is 0 Å². The van der Waals surface area contributed by atoms with Crippen LogP contribution in [0.25, 0.3) is 0 Å². The summed E-state index contributed by atoms with van der Waals surface area (Å²) in [5.74, 6) is -1.94. The zero-order valence-corrected chi connectivity index (χ0v) is 11.8. The largest absolute Gasteiger partial charge is 0.480 e. The molecule has 0 aromatic heterocycles. The van der Waals surface area contributed by atoms with E-state index < -0.39 is 17.9 Å². The first-order valence-corrected chi connectivity index (χ1v) is 6.34. The highest BCUT2D eigenvalue weighted by atomic mass is 79.9. The molecule has 0 aliphatic rings. The maximum atomic E-state index is 13.4. The fourth-order valence-electron chi connectivity index (χ4n) is 1.48. The fraction of sp³-hybridized carbons (Fsp3) is 0.333. The van der Waals surface area contributed by atoms with E-state index in [2.05, 4.69) is 26.6 Å². The molecular weight excluding hydrogens is 319 g/mol. The minimum absolute atomic E-state index is 0.0147. The zero-order chi connectivity index (χ0) is 14.4. The highest BCUT2D eigenvalue weighted by Crippen LogP contribution is 2.15. The summed E-state index contributed by atoms with van der Waals surface area (Å²) >= 11 is 3.23. The maximum Gasteiger partial charge on any atom is 0.327 e. The molecule has 1 unspecified atom stereocenters. The van der Waals surface area contributed by atoms with Gasteiger partial charge in [-0.15, -0.1) is 0 Å². The Kier molecular flexibility index (Phi) is 5.91. The van der Waals surface area contributed by atoms with Crippen LogP contribution in [0.1, 0.15) is 12.5 Å². The van der Waals surface area contributed by atoms with Crippen LogP contribution in [-0.4, -0.2) is 29.6 Å². The molecule has 0 bridgehead atoms. The Morgan fingerprint density at radius 2 is 2.16 bits per heavy atom. The van der Waals surface area contributed by atoms with Crippen molar-refractivity contribution >= 4 is 27.8 Å². The van der Waals surface area contributed by atoms with E-state index in [0.717, 1.165) is 4.47 Å². The lowest BCUT2D eigenvalue weighted by Crippen LogP contribution is -2.46. The first-order valence-electron chi connectivity index (χ1n) is 5.54. The molecule has 0 spiro atoms. The van der Waals surface area contributed by atoms with Crippen LogP contribution in [0.5, 0.6) is 0 Å². The van der Waals surface area contributed by atoms with Crippen molar-refractivity contribution in [2.45, 2.75) is 19.5 Å². The Balaban J connectivity index is 2.54. The molecule has 7 heteroatoms. The normalized spacial score (nSPS) is 11.9. The highest BCUT2D eigenvalue weighted by Gasteiger charge is 2.17. The van der Waals surface area contributed by atoms with Gasteiger partial charge >= 0.3 is 5.97 Å². The lowest BCUT2D eigenvalue weighted by atomic mass is 10.2. The van der Waals surface area contributed by atoms with Crippen molar-refractivity contribution in [1.82, 2.24) is 10.6 Å². The number of hydrogen-bond donors (Lipinski definition) is 3. The number of amides is 1. The van der Waals surface area contributed by atoms with Gasteiger partial charge in [-0.3, -0.25) is 4.79 Å². The van der Waals surface area contributed by atoms with Crippen LogP contribution in [-0.2, 0) is 16.1 Å². The van der Waals surface area contributed by atoms with Crippen LogP contribution in [0.2, 0.25) is 0 Å². The van der Waals surface area contributed by atoms with Crippen molar-refractivity contribution in [3.63, 3.8) is 0 Å². The summed E-state index contributed by atoms with van der Waals surface area (Å²) in [6, 6.07) is 3.48. The Labute approximate surface area is 118 Å². The van der Waals surface area contributed by atoms with Gasteiger partial charge in [0, 0.05) is 30.0 Å². The van der Waals surface area contributed by atoms with Crippen molar-refractivity contribution in [2.75, 3.05) is 6.54 Å². The molecule has 0 fully saturated rings. The minimum atomic E-state index is -1.14. The lowest BCUT2D eigenvalue weighted by molar-refractivity contribution is -0.141. The number of carbonyl (C=O) groups is 2. The van der Waals surface area contributed by atoms with Gasteiger partial charge in [-0.25, -0.2) is 9.18 Å². The zero-order valence-electron chi connectivity index (χ0n) is 10.2. The second kappa shape index (κ2) is 7.20. The van der Waals surface area contributed by atoms with E-state index in [1.54, 1.807) is 12.1 Å². The van der Waals surface area contributed by atoms with Gasteiger partial charge < -0.3 is 15.7 Å². The molecule has 1 aromatic rings. The molecular formula is C12H14BrFN2O3. The molecule has 0 heterocycles. The number of benzene rings is 1. The van der Waals surface area contributed by atoms with Gasteiger partial charge in [-0.05, 0) is 18.2 Å². The summed E-state index contributed by atoms with van der Waals surface area (Å²) in [5.41, 5.74) is 0.418. The van der Waals surface area contributed by atoms with E-state index >= 15 is 0 Å². The van der Waals surface area contributed by atoms with Crippen molar-refractivity contribution in [3.05, 3.63) is 34.1 Å². The van der Waals surface area contributed by atoms with Gasteiger partial charge in [0.2, 0.25) is 5.91 Å². The summed E-state index contributed by atoms with van der Waals surface area (Å²) < 4.78 is 14.2. The SMILES string of the molecule is CC(=O)NC(CNCc1cc(Br)ccc1F)C(=O)O. The Morgan fingerprint density at radius 1 is 1.47 bits per heavy atom. The Hall–Kier alpha value is -1.47. The monoisotopic (exact) mass is 332 g/mol. The van der Waals surface area contributed by atoms with Crippen molar-refractivity contribution < 1.29 is 19.1 Å². The van der Waals surface area contributed by atoms with E-state index in [0.29, 0.717) is 5.56 Å². The smallest absolute Gasteiger partial charge is 0.327 e. The van der Waals surface area contributed by atoms with Crippen molar-refractivity contribution in [2.24, 2.45) is 0 Å². The number of aliphatic carboxylic acids is 1. The van der Waals surface area contributed by atoms with Crippen LogP contribution in [0.15, 0.2) is 22.7 Å². The number of halogens is 2. The first kappa shape index (κ1) is 15.6. The average molecular weight is 333 g/mol. The highest BCUT2D eigenvalue weighted by molar-refractivity contribution is 9.10. The summed E-state index contributed by atoms with van der Waals surface area (Å²) in [6.45, 7) is 1.43. The van der Waals surface area contributed by atoms with Gasteiger partial charge in [-0.1, -0.05) is 15.9 Å². The van der Waals surface area contributed by atoms with Crippen LogP contribution in [0.4, 0.5) is 4.39 Å². The van der Waals surface area contributed by atoms with E-state index in [4.69, 9.17) is 5.11 Å². The van der Waals surface area contributed by atoms with E-state index in [1.165, 1.54) is 13.0 Å². The second-order valence-electron chi connectivity index (χ2n) is 3.96. The first-order chi connectivity index (χ1) is 8.90. The summed E-state index contributed by atoms with van der Waals surface area (Å²) in [5, 5.41) is 14.0. The van der Waals surface area contributed by atoms with Gasteiger partial charge in [0.1, 0.15) is 11.9 Å². The van der Waals surface area contributed by atoms with E-state index in [-0.39, 0.29) is 18.9 Å². The topological polar surface area (TPSA) is 78.4 Å². The molecule has 1 amide bonds. The maximum absolute atomic E-state index is 13.4. The third-order valence-corrected chi connectivity index (χ3v) is 2.84. The lowest BCUT2D eigenvalue weighted by Gasteiger charge is -2.14. The van der Waals surface area contributed by atoms with Crippen molar-refractivity contribution in [1.29, 1.82) is 0 Å². The third-order valence-electron chi connectivity index (χ3n) is 2.35. The van der Waals surface area contributed by atoms with Crippen LogP contribution in [0.3, 0.4) is 0 Å². The molecule has 19 heavy (non-hydrogen) atoms. The van der Waals surface area contributed by atoms with Crippen LogP contribution < -0.4 is 10.6 Å². The number of carboxylic acid groups (broad SMARTS) is 1. The summed E-state index contributed by atoms with van der Waals surface area (Å²) in [6.07, 6.45) is 0. The van der Waals surface area contributed by atoms with Crippen LogP contribution in [0, 0.1) is 5.82 Å². The Morgan fingerprint density at radius 3 is 2.74 bits per heavy atom. The molecule has 0 radical (unpaired) electrons. The van der Waals surface area contributed by atoms with Crippen molar-refractivity contribution in [3.8, 4) is 0 Å². The molecule has 0 saturated heterocycles. The summed E-state index contributed by atoms with van der Waals surface area (Å²) in [7, 11) is 0. The van der Waals surface area contributed by atoms with E-state index in [1.807, 2.05) is 0 Å². The number of hydrogen-bond acceptors (Lipinski definition) is 3. The summed E-state index contributed by atoms with van der Waals surface area (Å²) in [4.78, 5) is 21.7. The minimum Gasteiger partial charge on any atom is -0.480 e. The number of carboxylic acids is 1. The molecule has 0 saturated carbocycles. The quantitative estimate of drug-likeness (QED) is 0.733. The van der Waals surface area contributed by atoms with Gasteiger partial charge in [-0.2, -0.15) is 0 Å². The number of nitrogens with one attached hydrogen (secondary N) is 2. The van der Waals surface area contributed by atoms with E-state index in [9.17, 15) is 14.0 Å². The van der Waals surface area contributed by atoms with Crippen LogP contribution >= 0.6 is 15.9 Å². The predicted octanol–water partition coefficient (Wildman–Crippen LogP) is 1.27. The standard InChI is InChI=1S/C12H14BrFN2O3/c1-7(17)16-11(12(18)19)6-15-5-8-4-9(13)2-3-10(8)14/h2-4,11,15H,5-6H2,1H3,(H,16,17)(H,18,19). The third kappa shape index (κ3) is 5.35. The van der Waals surface area contributed by atoms with Gasteiger partial charge in [0.15, 0.2) is 0 Å². The predicted molar refractivity (Wildman–Crippen MR) is 71.0 cm³/mol. The average Bonchev–Trinajstić information content (AvgIpc) is 2.31. The Bertz CT molecular complexity index is 482. The molecule has 1 aromatic carbocycles. The molecule has 1 rings (SSSR count). The number of carbonyl (C=O) groups excluding carboxylic acids is 1. The number of rotatable bonds is 6. The second-order valence-corrected chi connectivity index (χ2v) is 4.87. The molecule has 0 aliphatic carbocycles.